The number of hydrogen-bond donors (Lipinski definition) is 2. The average Bonchev–Trinajstić information content (AvgIpc) is 3.01. The van der Waals surface area contributed by atoms with E-state index in [-0.39, 0.29) is 27.4 Å². The van der Waals surface area contributed by atoms with Crippen LogP contribution in [-0.2, 0) is 10.1 Å². The third-order valence-electron chi connectivity index (χ3n) is 2.93. The summed E-state index contributed by atoms with van der Waals surface area (Å²) < 4.78 is 36.4. The lowest BCUT2D eigenvalue weighted by atomic mass is 10.3. The molecule has 23 heavy (non-hydrogen) atoms. The number of aromatic nitrogens is 1. The van der Waals surface area contributed by atoms with Crippen LogP contribution in [0.4, 0.5) is 0 Å². The van der Waals surface area contributed by atoms with Gasteiger partial charge in [0.05, 0.1) is 9.77 Å². The van der Waals surface area contributed by atoms with Crippen LogP contribution in [0.2, 0.25) is 0 Å². The van der Waals surface area contributed by atoms with Gasteiger partial charge in [0.15, 0.2) is 11.3 Å². The van der Waals surface area contributed by atoms with Gasteiger partial charge in [0.25, 0.3) is 10.1 Å². The largest absolute Gasteiger partial charge is 0.506 e. The van der Waals surface area contributed by atoms with E-state index in [9.17, 15) is 18.3 Å². The maximum atomic E-state index is 11.9. The highest BCUT2D eigenvalue weighted by Crippen LogP contribution is 2.20. The molecule has 118 valence electrons. The third-order valence-corrected chi connectivity index (χ3v) is 4.67. The molecule has 3 rings (SSSR count). The van der Waals surface area contributed by atoms with Crippen LogP contribution in [0.5, 0.6) is 0 Å². The molecular formula is C14H9NO6S2. The number of benzene rings is 1. The van der Waals surface area contributed by atoms with E-state index in [4.69, 9.17) is 8.97 Å². The van der Waals surface area contributed by atoms with E-state index in [0.717, 1.165) is 18.2 Å². The first-order valence-corrected chi connectivity index (χ1v) is 8.53. The van der Waals surface area contributed by atoms with Crippen LogP contribution in [0.25, 0.3) is 22.9 Å². The molecule has 0 amide bonds. The molecule has 0 fully saturated rings. The van der Waals surface area contributed by atoms with E-state index in [1.54, 1.807) is 17.5 Å². The molecule has 2 heterocycles. The smallest absolute Gasteiger partial charge is 0.362 e. The van der Waals surface area contributed by atoms with Gasteiger partial charge in [-0.3, -0.25) is 4.55 Å². The Labute approximate surface area is 133 Å². The van der Waals surface area contributed by atoms with Crippen molar-refractivity contribution in [1.29, 1.82) is 0 Å². The van der Waals surface area contributed by atoms with E-state index in [0.29, 0.717) is 4.88 Å². The highest BCUT2D eigenvalue weighted by atomic mass is 32.2. The second kappa shape index (κ2) is 5.61. The van der Waals surface area contributed by atoms with Crippen LogP contribution in [0.3, 0.4) is 0 Å². The minimum atomic E-state index is -4.40. The van der Waals surface area contributed by atoms with Crippen molar-refractivity contribution < 1.29 is 22.5 Å². The van der Waals surface area contributed by atoms with Gasteiger partial charge in [-0.25, -0.2) is 9.78 Å². The van der Waals surface area contributed by atoms with Gasteiger partial charge in [0, 0.05) is 6.08 Å². The van der Waals surface area contributed by atoms with Crippen LogP contribution in [0.15, 0.2) is 49.8 Å². The summed E-state index contributed by atoms with van der Waals surface area (Å²) in [4.78, 5) is 16.0. The van der Waals surface area contributed by atoms with Crippen molar-refractivity contribution in [1.82, 2.24) is 4.98 Å². The Balaban J connectivity index is 2.16. The first-order chi connectivity index (χ1) is 10.8. The number of aliphatic hydroxyl groups excluding tert-OH is 1. The lowest BCUT2D eigenvalue weighted by Crippen LogP contribution is -2.07. The topological polar surface area (TPSA) is 118 Å². The zero-order chi connectivity index (χ0) is 16.6. The molecule has 0 saturated heterocycles. The monoisotopic (exact) mass is 351 g/mol. The van der Waals surface area contributed by atoms with Crippen molar-refractivity contribution >= 4 is 44.4 Å². The molecule has 0 radical (unpaired) electrons. The summed E-state index contributed by atoms with van der Waals surface area (Å²) >= 11 is 1.27. The minimum Gasteiger partial charge on any atom is -0.506 e. The number of rotatable bonds is 3. The molecule has 0 aliphatic rings. The highest BCUT2D eigenvalue weighted by molar-refractivity contribution is 7.85. The molecule has 9 heteroatoms. The second-order valence-corrected chi connectivity index (χ2v) is 6.87. The molecule has 0 atom stereocenters. The van der Waals surface area contributed by atoms with Gasteiger partial charge >= 0.3 is 5.63 Å². The summed E-state index contributed by atoms with van der Waals surface area (Å²) in [7, 11) is -4.40. The van der Waals surface area contributed by atoms with Crippen LogP contribution in [-0.4, -0.2) is 23.1 Å². The summed E-state index contributed by atoms with van der Waals surface area (Å²) in [5.74, 6) is -0.162. The van der Waals surface area contributed by atoms with E-state index >= 15 is 0 Å². The predicted molar refractivity (Wildman–Crippen MR) is 84.9 cm³/mol. The van der Waals surface area contributed by atoms with Gasteiger partial charge in [-0.2, -0.15) is 8.42 Å². The first-order valence-electron chi connectivity index (χ1n) is 6.21. The highest BCUT2D eigenvalue weighted by Gasteiger charge is 2.13. The van der Waals surface area contributed by atoms with Gasteiger partial charge in [-0.05, 0) is 29.6 Å². The summed E-state index contributed by atoms with van der Waals surface area (Å²) in [5.41, 5.74) is -0.837. The predicted octanol–water partition coefficient (Wildman–Crippen LogP) is 2.55. The Bertz CT molecular complexity index is 1060. The maximum Gasteiger partial charge on any atom is 0.362 e. The molecule has 2 aromatic heterocycles. The molecule has 0 spiro atoms. The van der Waals surface area contributed by atoms with Crippen molar-refractivity contribution in [3.63, 3.8) is 0 Å². The quantitative estimate of drug-likeness (QED) is 0.550. The summed E-state index contributed by atoms with van der Waals surface area (Å²) in [6.45, 7) is 0. The fourth-order valence-corrected chi connectivity index (χ4v) is 3.02. The second-order valence-electron chi connectivity index (χ2n) is 4.50. The Morgan fingerprint density at radius 1 is 1.30 bits per heavy atom. The van der Waals surface area contributed by atoms with Gasteiger partial charge in [0.1, 0.15) is 11.3 Å². The Morgan fingerprint density at radius 2 is 2.09 bits per heavy atom. The van der Waals surface area contributed by atoms with Crippen molar-refractivity contribution in [3.05, 3.63) is 56.7 Å². The lowest BCUT2D eigenvalue weighted by molar-refractivity contribution is 0.483. The van der Waals surface area contributed by atoms with Crippen molar-refractivity contribution in [3.8, 4) is 0 Å². The number of thiophene rings is 1. The van der Waals surface area contributed by atoms with Gasteiger partial charge in [0.2, 0.25) is 0 Å². The van der Waals surface area contributed by atoms with Crippen LogP contribution < -0.4 is 5.63 Å². The van der Waals surface area contributed by atoms with Gasteiger partial charge in [-0.15, -0.1) is 11.3 Å². The van der Waals surface area contributed by atoms with E-state index < -0.39 is 15.7 Å². The summed E-state index contributed by atoms with van der Waals surface area (Å²) in [6, 6.07) is 6.79. The fourth-order valence-electron chi connectivity index (χ4n) is 1.88. The van der Waals surface area contributed by atoms with Crippen molar-refractivity contribution in [2.24, 2.45) is 0 Å². The number of nitrogens with zero attached hydrogens (tertiary/aromatic N) is 1. The average molecular weight is 351 g/mol. The van der Waals surface area contributed by atoms with E-state index in [1.165, 1.54) is 17.4 Å². The third kappa shape index (κ3) is 3.16. The van der Waals surface area contributed by atoms with Crippen LogP contribution in [0, 0.1) is 0 Å². The Hall–Kier alpha value is -2.49. The molecule has 0 unspecified atom stereocenters. The number of fused-ring (bicyclic) bond motifs is 1. The molecule has 0 aliphatic heterocycles. The maximum absolute atomic E-state index is 11.9. The number of aliphatic hydroxyl groups is 1. The summed E-state index contributed by atoms with van der Waals surface area (Å²) in [6.07, 6.45) is 1.14. The minimum absolute atomic E-state index is 0.0601. The SMILES string of the molecule is O=c1oc2ccc(S(=O)(=O)O)cc2nc1C=C(O)c1cccs1. The van der Waals surface area contributed by atoms with Gasteiger partial charge in [-0.1, -0.05) is 6.07 Å². The molecule has 0 bridgehead atoms. The summed E-state index contributed by atoms with van der Waals surface area (Å²) in [5, 5.41) is 11.7. The molecule has 0 saturated carbocycles. The zero-order valence-corrected chi connectivity index (χ0v) is 13.0. The molecule has 1 aromatic carbocycles. The van der Waals surface area contributed by atoms with E-state index in [2.05, 4.69) is 4.98 Å². The standard InChI is InChI=1S/C14H9NO6S2/c16-11(13-2-1-5-22-13)7-10-14(17)21-12-4-3-8(23(18,19)20)6-9(12)15-10/h1-7,16H,(H,18,19,20). The molecule has 2 N–H and O–H groups in total. The van der Waals surface area contributed by atoms with Crippen LogP contribution in [0.1, 0.15) is 10.6 Å². The fraction of sp³-hybridized carbons (Fsp3) is 0. The normalized spacial score (nSPS) is 12.7. The Morgan fingerprint density at radius 3 is 2.74 bits per heavy atom. The molecule has 0 aliphatic carbocycles. The number of hydrogen-bond acceptors (Lipinski definition) is 7. The van der Waals surface area contributed by atoms with Crippen molar-refractivity contribution in [2.45, 2.75) is 4.90 Å². The Kier molecular flexibility index (Phi) is 3.76. The lowest BCUT2D eigenvalue weighted by Gasteiger charge is -2.01. The molecular weight excluding hydrogens is 342 g/mol. The van der Waals surface area contributed by atoms with Gasteiger partial charge < -0.3 is 9.52 Å². The van der Waals surface area contributed by atoms with Crippen molar-refractivity contribution in [2.75, 3.05) is 0 Å². The first kappa shape index (κ1) is 15.4. The molecule has 7 nitrogen and oxygen atoms in total. The molecule has 3 aromatic rings. The van der Waals surface area contributed by atoms with E-state index in [1.807, 2.05) is 0 Å². The zero-order valence-electron chi connectivity index (χ0n) is 11.3. The van der Waals surface area contributed by atoms with Crippen LogP contribution >= 0.6 is 11.3 Å².